The van der Waals surface area contributed by atoms with E-state index in [1.165, 1.54) is 53.6 Å². The van der Waals surface area contributed by atoms with Crippen LogP contribution in [0.15, 0.2) is 66.2 Å². The molecular formula is C34H29N2O4S2+. The Bertz CT molecular complexity index is 1820. The van der Waals surface area contributed by atoms with E-state index in [1.54, 1.807) is 17.4 Å². The average Bonchev–Trinajstić information content (AvgIpc) is 3.84. The number of rotatable bonds is 5. The second-order valence-electron chi connectivity index (χ2n) is 11.8. The zero-order valence-corrected chi connectivity index (χ0v) is 24.7. The molecule has 2 aromatic heterocycles. The van der Waals surface area contributed by atoms with Crippen molar-refractivity contribution in [1.82, 2.24) is 4.48 Å². The maximum atomic E-state index is 11.4. The summed E-state index contributed by atoms with van der Waals surface area (Å²) in [4.78, 5) is 15.1. The van der Waals surface area contributed by atoms with Crippen LogP contribution >= 0.6 is 22.7 Å². The molecule has 5 unspecified atom stereocenters. The van der Waals surface area contributed by atoms with Crippen molar-refractivity contribution in [2.75, 3.05) is 20.3 Å². The maximum absolute atomic E-state index is 11.4. The van der Waals surface area contributed by atoms with Crippen molar-refractivity contribution in [3.8, 4) is 37.8 Å². The number of quaternary nitrogens is 1. The second-order valence-corrected chi connectivity index (χ2v) is 14.0. The summed E-state index contributed by atoms with van der Waals surface area (Å²) in [6.45, 7) is 0.983. The van der Waals surface area contributed by atoms with Gasteiger partial charge >= 0.3 is 5.97 Å². The van der Waals surface area contributed by atoms with E-state index < -0.39 is 5.97 Å². The number of ether oxygens (including phenoxy) is 2. The van der Waals surface area contributed by atoms with Crippen molar-refractivity contribution >= 4 is 46.1 Å². The highest BCUT2D eigenvalue weighted by Crippen LogP contribution is 2.66. The molecular weight excluding hydrogens is 565 g/mol. The molecule has 2 aliphatic carbocycles. The third kappa shape index (κ3) is 3.67. The third-order valence-corrected chi connectivity index (χ3v) is 12.2. The van der Waals surface area contributed by atoms with Crippen LogP contribution in [0.1, 0.15) is 35.6 Å². The van der Waals surface area contributed by atoms with Crippen LogP contribution in [0.4, 0.5) is 11.4 Å². The highest BCUT2D eigenvalue weighted by Gasteiger charge is 2.63. The van der Waals surface area contributed by atoms with E-state index in [1.807, 2.05) is 12.1 Å². The van der Waals surface area contributed by atoms with Crippen LogP contribution in [-0.4, -0.2) is 37.4 Å². The Morgan fingerprint density at radius 1 is 1.00 bits per heavy atom. The van der Waals surface area contributed by atoms with Crippen LogP contribution in [0.5, 0.6) is 11.5 Å². The van der Waals surface area contributed by atoms with Crippen LogP contribution in [0.25, 0.3) is 26.3 Å². The number of nitrogens with zero attached hydrogens (tertiary/aromatic N) is 2. The number of nitriles is 1. The van der Waals surface area contributed by atoms with E-state index >= 15 is 0 Å². The summed E-state index contributed by atoms with van der Waals surface area (Å²) < 4.78 is 13.3. The molecule has 8 heteroatoms. The number of carboxylic acids is 1. The molecule has 8 rings (SSSR count). The molecule has 210 valence electrons. The Balaban J connectivity index is 1.24. The maximum Gasteiger partial charge on any atom is 0.346 e. The fourth-order valence-corrected chi connectivity index (χ4v) is 10.4. The Morgan fingerprint density at radius 2 is 1.76 bits per heavy atom. The molecule has 2 aliphatic heterocycles. The van der Waals surface area contributed by atoms with Crippen LogP contribution < -0.4 is 14.0 Å². The third-order valence-electron chi connectivity index (χ3n) is 9.80. The number of carboxylic acid groups (broad SMARTS) is 1. The molecule has 6 nitrogen and oxygen atoms in total. The molecule has 2 saturated carbocycles. The first-order chi connectivity index (χ1) is 20.5. The van der Waals surface area contributed by atoms with Gasteiger partial charge in [-0.2, -0.15) is 5.26 Å². The summed E-state index contributed by atoms with van der Waals surface area (Å²) in [6.07, 6.45) is 5.41. The smallest absolute Gasteiger partial charge is 0.346 e. The number of likely N-dealkylation sites (N-methyl/N-ethyl adjacent to an activating group) is 1. The van der Waals surface area contributed by atoms with Crippen molar-refractivity contribution < 1.29 is 19.4 Å². The molecule has 2 bridgehead atoms. The number of hydrogen-bond donors (Lipinski definition) is 1. The number of hydrogen-bond acceptors (Lipinski definition) is 6. The van der Waals surface area contributed by atoms with Gasteiger partial charge in [0.05, 0.1) is 16.8 Å². The number of aliphatic carboxylic acids is 1. The predicted molar refractivity (Wildman–Crippen MR) is 166 cm³/mol. The van der Waals surface area contributed by atoms with Gasteiger partial charge in [-0.25, -0.2) is 4.79 Å². The van der Waals surface area contributed by atoms with Gasteiger partial charge < -0.3 is 14.6 Å². The van der Waals surface area contributed by atoms with Crippen molar-refractivity contribution in [3.05, 3.63) is 76.7 Å². The fraction of sp³-hybridized carbons (Fsp3) is 0.294. The molecule has 42 heavy (non-hydrogen) atoms. The van der Waals surface area contributed by atoms with E-state index in [2.05, 4.69) is 55.6 Å². The van der Waals surface area contributed by atoms with E-state index in [0.717, 1.165) is 48.0 Å². The summed E-state index contributed by atoms with van der Waals surface area (Å²) in [6, 6.07) is 24.2. The Morgan fingerprint density at radius 3 is 2.52 bits per heavy atom. The van der Waals surface area contributed by atoms with E-state index in [9.17, 15) is 15.2 Å². The zero-order valence-electron chi connectivity index (χ0n) is 23.1. The molecule has 0 saturated heterocycles. The number of carbonyl (C=O) groups is 1. The highest BCUT2D eigenvalue weighted by atomic mass is 32.1. The topological polar surface area (TPSA) is 79.6 Å². The number of fused-ring (bicyclic) bond motifs is 8. The summed E-state index contributed by atoms with van der Waals surface area (Å²) in [5, 5.41) is 18.5. The average molecular weight is 594 g/mol. The predicted octanol–water partition coefficient (Wildman–Crippen LogP) is 8.07. The van der Waals surface area contributed by atoms with Crippen LogP contribution in [0.3, 0.4) is 0 Å². The van der Waals surface area contributed by atoms with E-state index in [-0.39, 0.29) is 5.57 Å². The van der Waals surface area contributed by atoms with Crippen LogP contribution in [-0.2, 0) is 4.79 Å². The quantitative estimate of drug-likeness (QED) is 0.144. The fourth-order valence-electron chi connectivity index (χ4n) is 8.18. The largest absolute Gasteiger partial charge is 0.485 e. The Hall–Kier alpha value is -3.90. The molecule has 1 N–H and O–H groups in total. The number of para-hydroxylation sites is 1. The van der Waals surface area contributed by atoms with Gasteiger partial charge in [0.15, 0.2) is 11.5 Å². The Labute approximate surface area is 252 Å². The highest BCUT2D eigenvalue weighted by molar-refractivity contribution is 7.24. The van der Waals surface area contributed by atoms with Gasteiger partial charge in [0, 0.05) is 33.2 Å². The summed E-state index contributed by atoms with van der Waals surface area (Å²) in [7, 11) is 2.42. The normalized spacial score (nSPS) is 27.0. The van der Waals surface area contributed by atoms with Gasteiger partial charge in [-0.15, -0.1) is 22.7 Å². The molecule has 0 radical (unpaired) electrons. The summed E-state index contributed by atoms with van der Waals surface area (Å²) in [5.41, 5.74) is 5.14. The minimum Gasteiger partial charge on any atom is -0.485 e. The van der Waals surface area contributed by atoms with Gasteiger partial charge in [-0.05, 0) is 73.2 Å². The van der Waals surface area contributed by atoms with Gasteiger partial charge in [-0.1, -0.05) is 18.2 Å². The molecule has 0 spiro atoms. The first kappa shape index (κ1) is 25.8. The van der Waals surface area contributed by atoms with Gasteiger partial charge in [-0.3, -0.25) is 4.48 Å². The molecule has 4 heterocycles. The van der Waals surface area contributed by atoms with Crippen LogP contribution in [0.2, 0.25) is 0 Å². The lowest BCUT2D eigenvalue weighted by atomic mass is 9.81. The molecule has 5 atom stereocenters. The monoisotopic (exact) mass is 593 g/mol. The molecule has 2 fully saturated rings. The number of benzene rings is 2. The lowest BCUT2D eigenvalue weighted by molar-refractivity contribution is -0.132. The van der Waals surface area contributed by atoms with Gasteiger partial charge in [0.25, 0.3) is 0 Å². The molecule has 4 aliphatic rings. The first-order valence-corrected chi connectivity index (χ1v) is 16.0. The lowest BCUT2D eigenvalue weighted by Gasteiger charge is -2.39. The minimum atomic E-state index is -1.23. The molecule has 0 amide bonds. The van der Waals surface area contributed by atoms with Crippen molar-refractivity contribution in [3.63, 3.8) is 0 Å². The molecule has 4 aromatic rings. The van der Waals surface area contributed by atoms with E-state index in [0.29, 0.717) is 30.1 Å². The van der Waals surface area contributed by atoms with Crippen molar-refractivity contribution in [2.45, 2.75) is 31.2 Å². The van der Waals surface area contributed by atoms with Crippen molar-refractivity contribution in [1.29, 1.82) is 5.26 Å². The summed E-state index contributed by atoms with van der Waals surface area (Å²) >= 11 is 3.11. The minimum absolute atomic E-state index is 0.283. The Kier molecular flexibility index (Phi) is 5.87. The van der Waals surface area contributed by atoms with Gasteiger partial charge in [0.1, 0.15) is 42.3 Å². The first-order valence-electron chi connectivity index (χ1n) is 14.4. The van der Waals surface area contributed by atoms with E-state index in [4.69, 9.17) is 9.47 Å². The zero-order chi connectivity index (χ0) is 28.6. The van der Waals surface area contributed by atoms with Gasteiger partial charge in [0.2, 0.25) is 0 Å². The summed E-state index contributed by atoms with van der Waals surface area (Å²) in [5.74, 6) is 2.37. The second kappa shape index (κ2) is 9.56. The van der Waals surface area contributed by atoms with Crippen molar-refractivity contribution in [2.24, 2.45) is 11.8 Å². The number of thiophene rings is 2. The molecule has 2 aromatic carbocycles. The lowest BCUT2D eigenvalue weighted by Crippen LogP contribution is -2.50. The van der Waals surface area contributed by atoms with Crippen LogP contribution in [0, 0.1) is 23.2 Å². The SMILES string of the molecule is C[N+]1(c2ccccc2)c2ccc(-c3sc(-c4ccc(/C=C(\C#N)C(=O)O)s4)c4c3OCCO4)cc2C2C3CCC(C3)C21. The standard InChI is InChI=1S/C34H28N2O4S2/c1-36(23-5-3-2-4-6-23)26-11-9-21(17-25(26)28-19-7-8-20(15-19)29(28)36)32-30-31(40-14-13-39-30)33(42-32)27-12-10-24(41-27)16-22(18-35)34(37)38/h2-6,9-12,16-17,19-20,28-29H,7-8,13-15H2,1H3/p+1/b22-16+.